The number of carbonyl (C=O) groups excluding carboxylic acids is 2. The maximum absolute atomic E-state index is 11.8. The molecular weight excluding hydrogens is 234 g/mol. The number of anilines is 1. The lowest BCUT2D eigenvalue weighted by Crippen LogP contribution is -2.36. The van der Waals surface area contributed by atoms with Crippen molar-refractivity contribution in [3.05, 3.63) is 18.1 Å². The molecule has 1 fully saturated rings. The molecule has 0 aromatic carbocycles. The molecule has 0 bridgehead atoms. The average Bonchev–Trinajstić information content (AvgIpc) is 2.76. The Bertz CT molecular complexity index is 445. The van der Waals surface area contributed by atoms with Crippen LogP contribution in [0, 0.1) is 0 Å². The van der Waals surface area contributed by atoms with E-state index in [1.54, 1.807) is 0 Å². The molecule has 1 aliphatic heterocycles. The van der Waals surface area contributed by atoms with Crippen molar-refractivity contribution in [3.63, 3.8) is 0 Å². The van der Waals surface area contributed by atoms with Gasteiger partial charge in [-0.15, -0.1) is 0 Å². The smallest absolute Gasteiger partial charge is 0.271 e. The van der Waals surface area contributed by atoms with Crippen molar-refractivity contribution >= 4 is 17.6 Å². The number of nitrogens with one attached hydrogen (secondary N) is 3. The van der Waals surface area contributed by atoms with E-state index in [2.05, 4.69) is 25.9 Å². The van der Waals surface area contributed by atoms with Gasteiger partial charge in [0.25, 0.3) is 5.91 Å². The van der Waals surface area contributed by atoms with Crippen molar-refractivity contribution in [2.45, 2.75) is 19.4 Å². The van der Waals surface area contributed by atoms with E-state index in [0.717, 1.165) is 6.54 Å². The normalized spacial score (nSPS) is 18.3. The Morgan fingerprint density at radius 1 is 1.50 bits per heavy atom. The number of hydrogen-bond acceptors (Lipinski definition) is 5. The molecule has 2 rings (SSSR count). The molecule has 0 spiro atoms. The van der Waals surface area contributed by atoms with Crippen molar-refractivity contribution in [1.82, 2.24) is 20.6 Å². The third-order valence-corrected chi connectivity index (χ3v) is 2.56. The molecule has 1 aromatic heterocycles. The van der Waals surface area contributed by atoms with Crippen molar-refractivity contribution in [2.75, 3.05) is 18.4 Å². The number of amides is 2. The Balaban J connectivity index is 1.94. The van der Waals surface area contributed by atoms with Crippen LogP contribution in [0.3, 0.4) is 0 Å². The lowest BCUT2D eigenvalue weighted by atomic mass is 10.2. The van der Waals surface area contributed by atoms with Crippen LogP contribution in [0.2, 0.25) is 0 Å². The van der Waals surface area contributed by atoms with Crippen molar-refractivity contribution in [1.29, 1.82) is 0 Å². The Morgan fingerprint density at radius 2 is 2.33 bits per heavy atom. The summed E-state index contributed by atoms with van der Waals surface area (Å²) in [6.07, 6.45) is 3.24. The maximum Gasteiger partial charge on any atom is 0.271 e. The van der Waals surface area contributed by atoms with Crippen molar-refractivity contribution in [3.8, 4) is 0 Å². The molecule has 3 N–H and O–H groups in total. The Labute approximate surface area is 104 Å². The van der Waals surface area contributed by atoms with E-state index in [0.29, 0.717) is 18.8 Å². The Morgan fingerprint density at radius 3 is 2.89 bits per heavy atom. The van der Waals surface area contributed by atoms with E-state index in [1.165, 1.54) is 12.4 Å². The molecule has 1 atom stereocenters. The Hall–Kier alpha value is -2.18. The van der Waals surface area contributed by atoms with Crippen LogP contribution in [-0.2, 0) is 4.79 Å². The summed E-state index contributed by atoms with van der Waals surface area (Å²) in [4.78, 5) is 30.9. The highest BCUT2D eigenvalue weighted by atomic mass is 16.2. The molecule has 0 aliphatic carbocycles. The highest BCUT2D eigenvalue weighted by molar-refractivity contribution is 5.93. The molecule has 0 radical (unpaired) electrons. The summed E-state index contributed by atoms with van der Waals surface area (Å²) in [5.41, 5.74) is 0.246. The number of aromatic nitrogens is 2. The van der Waals surface area contributed by atoms with Gasteiger partial charge in [0, 0.05) is 19.5 Å². The van der Waals surface area contributed by atoms with Crippen LogP contribution in [0.5, 0.6) is 0 Å². The zero-order valence-corrected chi connectivity index (χ0v) is 10.1. The number of nitrogens with zero attached hydrogens (tertiary/aromatic N) is 2. The second-order valence-corrected chi connectivity index (χ2v) is 4.00. The van der Waals surface area contributed by atoms with Gasteiger partial charge in [-0.25, -0.2) is 9.97 Å². The largest absolute Gasteiger partial charge is 0.369 e. The number of carbonyl (C=O) groups is 2. The maximum atomic E-state index is 11.8. The molecule has 0 saturated carbocycles. The van der Waals surface area contributed by atoms with Gasteiger partial charge in [0.1, 0.15) is 11.5 Å². The molecule has 7 heteroatoms. The van der Waals surface area contributed by atoms with Crippen LogP contribution in [-0.4, -0.2) is 40.9 Å². The first-order valence-electron chi connectivity index (χ1n) is 5.82. The van der Waals surface area contributed by atoms with Crippen LogP contribution < -0.4 is 16.0 Å². The summed E-state index contributed by atoms with van der Waals surface area (Å²) in [6, 6.07) is -0.166. The first-order chi connectivity index (χ1) is 8.69. The fourth-order valence-corrected chi connectivity index (χ4v) is 1.68. The fourth-order valence-electron chi connectivity index (χ4n) is 1.68. The van der Waals surface area contributed by atoms with E-state index in [4.69, 9.17) is 0 Å². The SMILES string of the molecule is CCNc1cnc(C(=O)NC2CNC(=O)C2)cn1. The summed E-state index contributed by atoms with van der Waals surface area (Å²) in [5, 5.41) is 8.38. The van der Waals surface area contributed by atoms with Crippen LogP contribution in [0.1, 0.15) is 23.8 Å². The van der Waals surface area contributed by atoms with Gasteiger partial charge in [-0.05, 0) is 6.92 Å². The van der Waals surface area contributed by atoms with E-state index >= 15 is 0 Å². The molecule has 7 nitrogen and oxygen atoms in total. The minimum absolute atomic E-state index is 0.0473. The second kappa shape index (κ2) is 5.44. The van der Waals surface area contributed by atoms with Crippen molar-refractivity contribution < 1.29 is 9.59 Å². The summed E-state index contributed by atoms with van der Waals surface area (Å²) >= 11 is 0. The van der Waals surface area contributed by atoms with Gasteiger partial charge in [-0.1, -0.05) is 0 Å². The van der Waals surface area contributed by atoms with Gasteiger partial charge in [0.05, 0.1) is 18.4 Å². The van der Waals surface area contributed by atoms with E-state index in [-0.39, 0.29) is 23.6 Å². The lowest BCUT2D eigenvalue weighted by molar-refractivity contribution is -0.119. The molecule has 1 aliphatic rings. The first kappa shape index (κ1) is 12.3. The highest BCUT2D eigenvalue weighted by Crippen LogP contribution is 2.03. The minimum atomic E-state index is -0.313. The predicted octanol–water partition coefficient (Wildman–Crippen LogP) is -0.473. The second-order valence-electron chi connectivity index (χ2n) is 4.00. The van der Waals surface area contributed by atoms with E-state index in [1.807, 2.05) is 6.92 Å². The lowest BCUT2D eigenvalue weighted by Gasteiger charge is -2.09. The highest BCUT2D eigenvalue weighted by Gasteiger charge is 2.23. The van der Waals surface area contributed by atoms with Gasteiger partial charge in [0.15, 0.2) is 0 Å². The first-order valence-corrected chi connectivity index (χ1v) is 5.82. The third kappa shape index (κ3) is 2.93. The van der Waals surface area contributed by atoms with Crippen LogP contribution in [0.4, 0.5) is 5.82 Å². The molecule has 96 valence electrons. The summed E-state index contributed by atoms with van der Waals surface area (Å²) in [6.45, 7) is 3.16. The summed E-state index contributed by atoms with van der Waals surface area (Å²) < 4.78 is 0. The third-order valence-electron chi connectivity index (χ3n) is 2.56. The number of rotatable bonds is 4. The van der Waals surface area contributed by atoms with Gasteiger partial charge in [-0.2, -0.15) is 0 Å². The van der Waals surface area contributed by atoms with E-state index in [9.17, 15) is 9.59 Å². The number of hydrogen-bond donors (Lipinski definition) is 3. The molecule has 1 unspecified atom stereocenters. The zero-order valence-electron chi connectivity index (χ0n) is 10.1. The standard InChI is InChI=1S/C11H15N5O2/c1-2-12-9-6-13-8(5-14-9)11(18)16-7-3-10(17)15-4-7/h5-7H,2-4H2,1H3,(H,12,14)(H,15,17)(H,16,18). The Kier molecular flexibility index (Phi) is 3.71. The van der Waals surface area contributed by atoms with Crippen LogP contribution >= 0.6 is 0 Å². The zero-order chi connectivity index (χ0) is 13.0. The fraction of sp³-hybridized carbons (Fsp3) is 0.455. The van der Waals surface area contributed by atoms with Gasteiger partial charge in [0.2, 0.25) is 5.91 Å². The van der Waals surface area contributed by atoms with Gasteiger partial charge < -0.3 is 16.0 Å². The topological polar surface area (TPSA) is 96.0 Å². The minimum Gasteiger partial charge on any atom is -0.369 e. The monoisotopic (exact) mass is 249 g/mol. The van der Waals surface area contributed by atoms with Gasteiger partial charge >= 0.3 is 0 Å². The van der Waals surface area contributed by atoms with Crippen molar-refractivity contribution in [2.24, 2.45) is 0 Å². The molecule has 1 aromatic rings. The molecule has 2 heterocycles. The van der Waals surface area contributed by atoms with Crippen LogP contribution in [0.15, 0.2) is 12.4 Å². The average molecular weight is 249 g/mol. The van der Waals surface area contributed by atoms with E-state index < -0.39 is 0 Å². The molecule has 18 heavy (non-hydrogen) atoms. The molecule has 1 saturated heterocycles. The molecular formula is C11H15N5O2. The summed E-state index contributed by atoms with van der Waals surface area (Å²) in [7, 11) is 0. The summed E-state index contributed by atoms with van der Waals surface area (Å²) in [5.74, 6) is 0.271. The predicted molar refractivity (Wildman–Crippen MR) is 65.1 cm³/mol. The van der Waals surface area contributed by atoms with Gasteiger partial charge in [-0.3, -0.25) is 9.59 Å². The molecule has 2 amide bonds. The van der Waals surface area contributed by atoms with Crippen LogP contribution in [0.25, 0.3) is 0 Å². The quantitative estimate of drug-likeness (QED) is 0.670.